The lowest BCUT2D eigenvalue weighted by molar-refractivity contribution is -0.117. The number of hydrogen-bond donors (Lipinski definition) is 1. The van der Waals surface area contributed by atoms with E-state index in [9.17, 15) is 13.6 Å². The molecule has 88 valence electrons. The fourth-order valence-corrected chi connectivity index (χ4v) is 1.13. The van der Waals surface area contributed by atoms with E-state index in [1.54, 1.807) is 6.92 Å². The Morgan fingerprint density at radius 2 is 1.87 bits per heavy atom. The molecule has 1 amide bonds. The largest absolute Gasteiger partial charge is 0.352 e. The van der Waals surface area contributed by atoms with Crippen molar-refractivity contribution in [3.8, 4) is 0 Å². The Bertz CT molecular complexity index is 205. The molecule has 0 rings (SSSR count). The lowest BCUT2D eigenvalue weighted by Crippen LogP contribution is -2.24. The summed E-state index contributed by atoms with van der Waals surface area (Å²) in [5.74, 6) is -0.136. The second kappa shape index (κ2) is 8.38. The van der Waals surface area contributed by atoms with Gasteiger partial charge in [-0.15, -0.1) is 0 Å². The highest BCUT2D eigenvalue weighted by molar-refractivity contribution is 5.91. The van der Waals surface area contributed by atoms with Crippen LogP contribution >= 0.6 is 0 Å². The van der Waals surface area contributed by atoms with E-state index in [0.717, 1.165) is 19.3 Å². The summed E-state index contributed by atoms with van der Waals surface area (Å²) in [5.41, 5.74) is 0.493. The van der Waals surface area contributed by atoms with Crippen LogP contribution in [0.5, 0.6) is 0 Å². The molecule has 0 radical (unpaired) electrons. The van der Waals surface area contributed by atoms with Crippen LogP contribution in [-0.4, -0.2) is 18.9 Å². The lowest BCUT2D eigenvalue weighted by Gasteiger charge is -2.04. The molecule has 0 fully saturated rings. The number of amides is 1. The highest BCUT2D eigenvalue weighted by Gasteiger charge is 2.02. The molecular formula is C11H19F2NO. The summed E-state index contributed by atoms with van der Waals surface area (Å²) < 4.78 is 23.5. The van der Waals surface area contributed by atoms with Crippen LogP contribution in [0, 0.1) is 0 Å². The predicted octanol–water partition coefficient (Wildman–Crippen LogP) is 2.89. The van der Waals surface area contributed by atoms with Crippen LogP contribution in [0.3, 0.4) is 0 Å². The molecule has 2 nitrogen and oxygen atoms in total. The Morgan fingerprint density at radius 3 is 2.40 bits per heavy atom. The van der Waals surface area contributed by atoms with Gasteiger partial charge in [0.15, 0.2) is 0 Å². The Kier molecular flexibility index (Phi) is 7.86. The van der Waals surface area contributed by atoms with Crippen LogP contribution in [0.25, 0.3) is 0 Å². The summed E-state index contributed by atoms with van der Waals surface area (Å²) in [6.07, 6.45) is 0.872. The van der Waals surface area contributed by atoms with E-state index in [1.165, 1.54) is 0 Å². The van der Waals surface area contributed by atoms with Crippen LogP contribution in [0.1, 0.15) is 39.0 Å². The second-order valence-electron chi connectivity index (χ2n) is 3.63. The first-order chi connectivity index (χ1) is 7.04. The number of alkyl halides is 2. The SMILES string of the molecule is C=C(C)C(=O)NCCCCCCC(F)F. The quantitative estimate of drug-likeness (QED) is 0.493. The molecule has 0 atom stereocenters. The van der Waals surface area contributed by atoms with Crippen molar-refractivity contribution >= 4 is 5.91 Å². The monoisotopic (exact) mass is 219 g/mol. The highest BCUT2D eigenvalue weighted by atomic mass is 19.3. The standard InChI is InChI=1S/C11H19F2NO/c1-9(2)11(15)14-8-6-4-3-5-7-10(12)13/h10H,1,3-8H2,2H3,(H,14,15). The van der Waals surface area contributed by atoms with Gasteiger partial charge in [0, 0.05) is 18.5 Å². The zero-order valence-electron chi connectivity index (χ0n) is 9.19. The van der Waals surface area contributed by atoms with Gasteiger partial charge < -0.3 is 5.32 Å². The number of hydrogen-bond acceptors (Lipinski definition) is 1. The Balaban J connectivity index is 3.18. The zero-order valence-corrected chi connectivity index (χ0v) is 9.19. The molecule has 0 saturated carbocycles. The number of unbranched alkanes of at least 4 members (excludes halogenated alkanes) is 3. The predicted molar refractivity (Wildman–Crippen MR) is 56.9 cm³/mol. The van der Waals surface area contributed by atoms with Gasteiger partial charge in [-0.1, -0.05) is 19.4 Å². The van der Waals surface area contributed by atoms with Crippen LogP contribution in [0.15, 0.2) is 12.2 Å². The van der Waals surface area contributed by atoms with E-state index in [1.807, 2.05) is 0 Å². The fourth-order valence-electron chi connectivity index (χ4n) is 1.13. The Hall–Kier alpha value is -0.930. The summed E-state index contributed by atoms with van der Waals surface area (Å²) >= 11 is 0. The van der Waals surface area contributed by atoms with Crippen molar-refractivity contribution in [1.82, 2.24) is 5.32 Å². The van der Waals surface area contributed by atoms with Crippen molar-refractivity contribution in [3.05, 3.63) is 12.2 Å². The van der Waals surface area contributed by atoms with Gasteiger partial charge >= 0.3 is 0 Å². The second-order valence-corrected chi connectivity index (χ2v) is 3.63. The molecule has 0 heterocycles. The molecule has 0 aromatic rings. The summed E-state index contributed by atoms with van der Waals surface area (Å²) in [7, 11) is 0. The van der Waals surface area contributed by atoms with Crippen molar-refractivity contribution in [2.45, 2.75) is 45.5 Å². The number of carbonyl (C=O) groups excluding carboxylic acids is 1. The van der Waals surface area contributed by atoms with Gasteiger partial charge in [0.05, 0.1) is 0 Å². The van der Waals surface area contributed by atoms with E-state index < -0.39 is 6.43 Å². The molecule has 0 unspecified atom stereocenters. The average Bonchev–Trinajstić information content (AvgIpc) is 2.15. The van der Waals surface area contributed by atoms with Crippen molar-refractivity contribution < 1.29 is 13.6 Å². The molecule has 1 N–H and O–H groups in total. The lowest BCUT2D eigenvalue weighted by atomic mass is 10.1. The first-order valence-corrected chi connectivity index (χ1v) is 5.26. The molecule has 0 saturated heterocycles. The van der Waals surface area contributed by atoms with Gasteiger partial charge in [0.25, 0.3) is 0 Å². The van der Waals surface area contributed by atoms with Gasteiger partial charge in [-0.25, -0.2) is 8.78 Å². The molecule has 4 heteroatoms. The minimum Gasteiger partial charge on any atom is -0.352 e. The van der Waals surface area contributed by atoms with Gasteiger partial charge in [-0.3, -0.25) is 4.79 Å². The zero-order chi connectivity index (χ0) is 11.7. The first kappa shape index (κ1) is 14.1. The van der Waals surface area contributed by atoms with Gasteiger partial charge in [-0.05, 0) is 19.8 Å². The van der Waals surface area contributed by atoms with E-state index in [2.05, 4.69) is 11.9 Å². The molecule has 15 heavy (non-hydrogen) atoms. The number of nitrogens with one attached hydrogen (secondary N) is 1. The van der Waals surface area contributed by atoms with Gasteiger partial charge in [-0.2, -0.15) is 0 Å². The summed E-state index contributed by atoms with van der Waals surface area (Å²) in [4.78, 5) is 11.0. The molecular weight excluding hydrogens is 200 g/mol. The van der Waals surface area contributed by atoms with Crippen molar-refractivity contribution in [2.75, 3.05) is 6.54 Å². The normalized spacial score (nSPS) is 10.4. The minimum atomic E-state index is -2.19. The Labute approximate surface area is 89.7 Å². The van der Waals surface area contributed by atoms with E-state index in [0.29, 0.717) is 18.5 Å². The first-order valence-electron chi connectivity index (χ1n) is 5.26. The average molecular weight is 219 g/mol. The Morgan fingerprint density at radius 1 is 1.27 bits per heavy atom. The van der Waals surface area contributed by atoms with Crippen molar-refractivity contribution in [3.63, 3.8) is 0 Å². The van der Waals surface area contributed by atoms with Gasteiger partial charge in [0.2, 0.25) is 12.3 Å². The van der Waals surface area contributed by atoms with Crippen LogP contribution in [-0.2, 0) is 4.79 Å². The third-order valence-electron chi connectivity index (χ3n) is 2.02. The van der Waals surface area contributed by atoms with Gasteiger partial charge in [0.1, 0.15) is 0 Å². The topological polar surface area (TPSA) is 29.1 Å². The summed E-state index contributed by atoms with van der Waals surface area (Å²) in [6, 6.07) is 0. The number of rotatable bonds is 8. The van der Waals surface area contributed by atoms with Crippen LogP contribution in [0.4, 0.5) is 8.78 Å². The third-order valence-corrected chi connectivity index (χ3v) is 2.02. The molecule has 0 aromatic carbocycles. The number of halogens is 2. The van der Waals surface area contributed by atoms with E-state index in [-0.39, 0.29) is 12.3 Å². The smallest absolute Gasteiger partial charge is 0.246 e. The molecule has 0 bridgehead atoms. The minimum absolute atomic E-state index is 0.0157. The van der Waals surface area contributed by atoms with Crippen LogP contribution < -0.4 is 5.32 Å². The van der Waals surface area contributed by atoms with E-state index >= 15 is 0 Å². The molecule has 0 aromatic heterocycles. The maximum atomic E-state index is 11.7. The molecule has 0 aliphatic carbocycles. The molecule has 0 aliphatic heterocycles. The van der Waals surface area contributed by atoms with Crippen molar-refractivity contribution in [1.29, 1.82) is 0 Å². The maximum absolute atomic E-state index is 11.7. The van der Waals surface area contributed by atoms with E-state index in [4.69, 9.17) is 0 Å². The fraction of sp³-hybridized carbons (Fsp3) is 0.727. The third kappa shape index (κ3) is 9.38. The van der Waals surface area contributed by atoms with Crippen LogP contribution in [0.2, 0.25) is 0 Å². The highest BCUT2D eigenvalue weighted by Crippen LogP contribution is 2.08. The number of carbonyl (C=O) groups is 1. The molecule has 0 aliphatic rings. The molecule has 0 spiro atoms. The van der Waals surface area contributed by atoms with Crippen molar-refractivity contribution in [2.24, 2.45) is 0 Å². The maximum Gasteiger partial charge on any atom is 0.246 e. The summed E-state index contributed by atoms with van der Waals surface area (Å²) in [5, 5.41) is 2.70. The summed E-state index contributed by atoms with van der Waals surface area (Å²) in [6.45, 7) is 5.76.